The molecule has 1 heterocycles. The van der Waals surface area contributed by atoms with Gasteiger partial charge in [-0.3, -0.25) is 4.79 Å². The number of halogens is 1. The molecule has 2 rings (SSSR count). The molecule has 0 aliphatic heterocycles. The van der Waals surface area contributed by atoms with Gasteiger partial charge in [0.25, 0.3) is 0 Å². The third kappa shape index (κ3) is 3.76. The zero-order chi connectivity index (χ0) is 15.4. The highest BCUT2D eigenvalue weighted by atomic mass is 35.5. The van der Waals surface area contributed by atoms with Crippen molar-refractivity contribution >= 4 is 29.2 Å². The number of amides is 1. The van der Waals surface area contributed by atoms with Crippen LogP contribution in [0.3, 0.4) is 0 Å². The molecule has 21 heavy (non-hydrogen) atoms. The summed E-state index contributed by atoms with van der Waals surface area (Å²) in [5.74, 6) is -0.375. The fourth-order valence-corrected chi connectivity index (χ4v) is 1.78. The number of ether oxygens (including phenoxy) is 1. The van der Waals surface area contributed by atoms with Crippen LogP contribution in [0.15, 0.2) is 18.2 Å². The van der Waals surface area contributed by atoms with Gasteiger partial charge in [0.1, 0.15) is 0 Å². The maximum Gasteiger partial charge on any atom is 0.329 e. The molecule has 8 nitrogen and oxygen atoms in total. The maximum absolute atomic E-state index is 11.1. The summed E-state index contributed by atoms with van der Waals surface area (Å²) >= 11 is 6.07. The lowest BCUT2D eigenvalue weighted by Crippen LogP contribution is -2.14. The number of hydrogen-bond donors (Lipinski definition) is 1. The topological polar surface area (TPSA) is 99.0 Å². The van der Waals surface area contributed by atoms with Crippen molar-refractivity contribution in [2.45, 2.75) is 13.5 Å². The van der Waals surface area contributed by atoms with E-state index in [4.69, 9.17) is 11.6 Å². The van der Waals surface area contributed by atoms with Crippen molar-refractivity contribution in [2.75, 3.05) is 12.4 Å². The van der Waals surface area contributed by atoms with Crippen LogP contribution >= 0.6 is 11.6 Å². The molecule has 0 spiro atoms. The van der Waals surface area contributed by atoms with Gasteiger partial charge in [-0.2, -0.15) is 4.80 Å². The summed E-state index contributed by atoms with van der Waals surface area (Å²) in [6.07, 6.45) is 0. The first kappa shape index (κ1) is 14.9. The van der Waals surface area contributed by atoms with E-state index in [2.05, 4.69) is 25.5 Å². The van der Waals surface area contributed by atoms with E-state index in [1.165, 1.54) is 14.0 Å². The number of benzene rings is 1. The lowest BCUT2D eigenvalue weighted by molar-refractivity contribution is -0.141. The quantitative estimate of drug-likeness (QED) is 0.850. The number of carbonyl (C=O) groups is 2. The molecule has 0 atom stereocenters. The van der Waals surface area contributed by atoms with Crippen LogP contribution in [0, 0.1) is 0 Å². The van der Waals surface area contributed by atoms with E-state index >= 15 is 0 Å². The minimum Gasteiger partial charge on any atom is -0.468 e. The lowest BCUT2D eigenvalue weighted by Gasteiger charge is -2.05. The van der Waals surface area contributed by atoms with Gasteiger partial charge in [0.05, 0.1) is 17.8 Å². The number of aromatic nitrogens is 4. The fourth-order valence-electron chi connectivity index (χ4n) is 1.55. The zero-order valence-electron chi connectivity index (χ0n) is 11.3. The largest absolute Gasteiger partial charge is 0.468 e. The number of nitrogens with zero attached hydrogens (tertiary/aromatic N) is 4. The van der Waals surface area contributed by atoms with Crippen molar-refractivity contribution in [1.29, 1.82) is 0 Å². The van der Waals surface area contributed by atoms with E-state index in [9.17, 15) is 9.59 Å². The Bertz CT molecular complexity index is 685. The molecule has 0 saturated carbocycles. The lowest BCUT2D eigenvalue weighted by atomic mass is 10.2. The minimum atomic E-state index is -0.474. The van der Waals surface area contributed by atoms with Crippen LogP contribution < -0.4 is 5.32 Å². The molecule has 110 valence electrons. The molecular weight excluding hydrogens is 298 g/mol. The van der Waals surface area contributed by atoms with Gasteiger partial charge in [-0.1, -0.05) is 11.6 Å². The highest BCUT2D eigenvalue weighted by Gasteiger charge is 2.11. The number of nitrogens with one attached hydrogen (secondary N) is 1. The third-order valence-corrected chi connectivity index (χ3v) is 2.80. The highest BCUT2D eigenvalue weighted by Crippen LogP contribution is 2.26. The fraction of sp³-hybridized carbons (Fsp3) is 0.250. The molecule has 1 aromatic carbocycles. The van der Waals surface area contributed by atoms with Gasteiger partial charge in [-0.05, 0) is 23.4 Å². The Labute approximate surface area is 125 Å². The Kier molecular flexibility index (Phi) is 4.49. The maximum atomic E-state index is 11.1. The average Bonchev–Trinajstić information content (AvgIpc) is 2.89. The second kappa shape index (κ2) is 6.31. The molecule has 0 saturated heterocycles. The van der Waals surface area contributed by atoms with Crippen molar-refractivity contribution in [1.82, 2.24) is 20.2 Å². The summed E-state index contributed by atoms with van der Waals surface area (Å²) < 4.78 is 4.51. The molecule has 1 amide bonds. The van der Waals surface area contributed by atoms with Gasteiger partial charge in [0.15, 0.2) is 6.54 Å². The monoisotopic (exact) mass is 309 g/mol. The Morgan fingerprint density at radius 3 is 2.81 bits per heavy atom. The van der Waals surface area contributed by atoms with E-state index in [1.807, 2.05) is 0 Å². The van der Waals surface area contributed by atoms with Gasteiger partial charge in [0, 0.05) is 12.5 Å². The van der Waals surface area contributed by atoms with Crippen molar-refractivity contribution in [3.63, 3.8) is 0 Å². The predicted octanol–water partition coefficient (Wildman–Crippen LogP) is 1.12. The average molecular weight is 310 g/mol. The van der Waals surface area contributed by atoms with Gasteiger partial charge in [-0.15, -0.1) is 10.2 Å². The second-order valence-electron chi connectivity index (χ2n) is 4.10. The number of rotatable bonds is 4. The molecule has 0 radical (unpaired) electrons. The number of tetrazole rings is 1. The van der Waals surface area contributed by atoms with Crippen LogP contribution in [0.4, 0.5) is 5.69 Å². The smallest absolute Gasteiger partial charge is 0.329 e. The summed E-state index contributed by atoms with van der Waals surface area (Å²) in [7, 11) is 1.28. The van der Waals surface area contributed by atoms with E-state index < -0.39 is 5.97 Å². The van der Waals surface area contributed by atoms with Gasteiger partial charge < -0.3 is 10.1 Å². The first-order chi connectivity index (χ1) is 9.99. The molecule has 0 aliphatic rings. The Hall–Kier alpha value is -2.48. The Morgan fingerprint density at radius 1 is 1.43 bits per heavy atom. The van der Waals surface area contributed by atoms with Crippen molar-refractivity contribution in [3.8, 4) is 11.4 Å². The van der Waals surface area contributed by atoms with Crippen LogP contribution in [0.25, 0.3) is 11.4 Å². The third-order valence-electron chi connectivity index (χ3n) is 2.49. The first-order valence-corrected chi connectivity index (χ1v) is 6.29. The molecule has 9 heteroatoms. The molecule has 0 bridgehead atoms. The molecule has 0 unspecified atom stereocenters. The van der Waals surface area contributed by atoms with Gasteiger partial charge in [0.2, 0.25) is 11.7 Å². The van der Waals surface area contributed by atoms with Crippen LogP contribution in [0.5, 0.6) is 0 Å². The summed E-state index contributed by atoms with van der Waals surface area (Å²) in [6, 6.07) is 4.93. The van der Waals surface area contributed by atoms with Crippen molar-refractivity contribution in [2.24, 2.45) is 0 Å². The normalized spacial score (nSPS) is 10.2. The Balaban J connectivity index is 2.20. The summed E-state index contributed by atoms with van der Waals surface area (Å²) in [6.45, 7) is 1.27. The number of methoxy groups -OCH3 is 1. The standard InChI is InChI=1S/C12H12ClN5O3/c1-7(19)14-10-4-3-8(5-9(10)13)12-15-17-18(16-12)6-11(20)21-2/h3-5H,6H2,1-2H3,(H,14,19). The summed E-state index contributed by atoms with van der Waals surface area (Å²) in [4.78, 5) is 23.2. The van der Waals surface area contributed by atoms with Gasteiger partial charge in [-0.25, -0.2) is 4.79 Å². The molecule has 1 N–H and O–H groups in total. The van der Waals surface area contributed by atoms with Crippen molar-refractivity contribution in [3.05, 3.63) is 23.2 Å². The van der Waals surface area contributed by atoms with Gasteiger partial charge >= 0.3 is 5.97 Å². The number of esters is 1. The van der Waals surface area contributed by atoms with E-state index in [1.54, 1.807) is 18.2 Å². The summed E-state index contributed by atoms with van der Waals surface area (Å²) in [5, 5.41) is 14.6. The molecule has 0 fully saturated rings. The zero-order valence-corrected chi connectivity index (χ0v) is 12.1. The number of carbonyl (C=O) groups excluding carboxylic acids is 2. The van der Waals surface area contributed by atoms with E-state index in [0.717, 1.165) is 4.80 Å². The number of anilines is 1. The van der Waals surface area contributed by atoms with Crippen molar-refractivity contribution < 1.29 is 14.3 Å². The number of hydrogen-bond acceptors (Lipinski definition) is 6. The SMILES string of the molecule is COC(=O)Cn1nnc(-c2ccc(NC(C)=O)c(Cl)c2)n1. The molecule has 2 aromatic rings. The van der Waals surface area contributed by atoms with E-state index in [-0.39, 0.29) is 12.5 Å². The second-order valence-corrected chi connectivity index (χ2v) is 4.50. The predicted molar refractivity (Wildman–Crippen MR) is 74.6 cm³/mol. The minimum absolute atomic E-state index is 0.124. The summed E-state index contributed by atoms with van der Waals surface area (Å²) in [5.41, 5.74) is 1.11. The first-order valence-electron chi connectivity index (χ1n) is 5.91. The van der Waals surface area contributed by atoms with Crippen LogP contribution in [-0.2, 0) is 20.9 Å². The highest BCUT2D eigenvalue weighted by molar-refractivity contribution is 6.34. The molecule has 1 aromatic heterocycles. The molecule has 0 aliphatic carbocycles. The Morgan fingerprint density at radius 2 is 2.19 bits per heavy atom. The van der Waals surface area contributed by atoms with Crippen LogP contribution in [0.1, 0.15) is 6.92 Å². The van der Waals surface area contributed by atoms with Crippen LogP contribution in [-0.4, -0.2) is 39.2 Å². The van der Waals surface area contributed by atoms with Crippen LogP contribution in [0.2, 0.25) is 5.02 Å². The van der Waals surface area contributed by atoms with E-state index in [0.29, 0.717) is 22.1 Å². The molecular formula is C12H12ClN5O3.